The molecule has 106 valence electrons. The first kappa shape index (κ1) is 15.4. The number of nitrogens with zero attached hydrogens (tertiary/aromatic N) is 1. The predicted octanol–water partition coefficient (Wildman–Crippen LogP) is 4.07. The Morgan fingerprint density at radius 1 is 1.26 bits per heavy atom. The van der Waals surface area contributed by atoms with E-state index in [0.717, 1.165) is 6.07 Å². The Morgan fingerprint density at radius 2 is 1.84 bits per heavy atom. The summed E-state index contributed by atoms with van der Waals surface area (Å²) in [6.45, 7) is 9.21. The highest BCUT2D eigenvalue weighted by Crippen LogP contribution is 2.24. The Morgan fingerprint density at radius 3 is 2.26 bits per heavy atom. The summed E-state index contributed by atoms with van der Waals surface area (Å²) in [5.74, 6) is 0.831. The van der Waals surface area contributed by atoms with Gasteiger partial charge in [0.25, 0.3) is 5.69 Å². The Kier molecular flexibility index (Phi) is 5.27. The van der Waals surface area contributed by atoms with Crippen LogP contribution in [0.5, 0.6) is 0 Å². The molecule has 1 aromatic rings. The van der Waals surface area contributed by atoms with Crippen LogP contribution in [0.25, 0.3) is 0 Å². The van der Waals surface area contributed by atoms with Crippen molar-refractivity contribution in [1.82, 2.24) is 0 Å². The van der Waals surface area contributed by atoms with E-state index < -0.39 is 10.7 Å². The van der Waals surface area contributed by atoms with E-state index in [1.807, 2.05) is 0 Å². The second kappa shape index (κ2) is 6.50. The zero-order valence-corrected chi connectivity index (χ0v) is 11.8. The van der Waals surface area contributed by atoms with E-state index in [0.29, 0.717) is 30.0 Å². The topological polar surface area (TPSA) is 55.2 Å². The summed E-state index contributed by atoms with van der Waals surface area (Å²) in [5, 5.41) is 13.6. The summed E-state index contributed by atoms with van der Waals surface area (Å²) in [7, 11) is 0. The number of benzene rings is 1. The molecule has 0 aliphatic rings. The van der Waals surface area contributed by atoms with Crippen LogP contribution in [0.4, 0.5) is 15.8 Å². The van der Waals surface area contributed by atoms with Gasteiger partial charge in [-0.1, -0.05) is 27.7 Å². The molecule has 5 heteroatoms. The summed E-state index contributed by atoms with van der Waals surface area (Å²) in [6.07, 6.45) is 0. The SMILES string of the molecule is CC(C)C(CNc1ccc([N+](=O)[O-])cc1F)C(C)C. The molecule has 0 atom stereocenters. The highest BCUT2D eigenvalue weighted by Gasteiger charge is 2.18. The van der Waals surface area contributed by atoms with Crippen LogP contribution in [0.1, 0.15) is 27.7 Å². The lowest BCUT2D eigenvalue weighted by Gasteiger charge is -2.25. The normalized spacial score (nSPS) is 11.4. The summed E-state index contributed by atoms with van der Waals surface area (Å²) < 4.78 is 13.7. The molecule has 0 saturated carbocycles. The number of nitro groups is 1. The van der Waals surface area contributed by atoms with Crippen LogP contribution >= 0.6 is 0 Å². The molecule has 0 saturated heterocycles. The first-order valence-electron chi connectivity index (χ1n) is 6.50. The van der Waals surface area contributed by atoms with Gasteiger partial charge < -0.3 is 5.32 Å². The molecule has 0 heterocycles. The lowest BCUT2D eigenvalue weighted by atomic mass is 9.85. The van der Waals surface area contributed by atoms with E-state index in [-0.39, 0.29) is 5.69 Å². The Hall–Kier alpha value is -1.65. The molecule has 0 aliphatic heterocycles. The molecule has 1 rings (SSSR count). The third kappa shape index (κ3) is 4.19. The van der Waals surface area contributed by atoms with Crippen LogP contribution in [0.3, 0.4) is 0 Å². The molecule has 4 nitrogen and oxygen atoms in total. The van der Waals surface area contributed by atoms with Crippen molar-refractivity contribution in [2.45, 2.75) is 27.7 Å². The van der Waals surface area contributed by atoms with Crippen LogP contribution in [0.15, 0.2) is 18.2 Å². The molecule has 0 amide bonds. The minimum absolute atomic E-state index is 0.229. The maximum atomic E-state index is 13.7. The number of anilines is 1. The maximum Gasteiger partial charge on any atom is 0.272 e. The molecule has 0 spiro atoms. The minimum atomic E-state index is -0.599. The number of halogens is 1. The van der Waals surface area contributed by atoms with E-state index in [4.69, 9.17) is 0 Å². The lowest BCUT2D eigenvalue weighted by molar-refractivity contribution is -0.385. The number of nitrogens with one attached hydrogen (secondary N) is 1. The van der Waals surface area contributed by atoms with Gasteiger partial charge in [0, 0.05) is 12.6 Å². The van der Waals surface area contributed by atoms with Crippen LogP contribution in [-0.2, 0) is 0 Å². The van der Waals surface area contributed by atoms with Crippen LogP contribution < -0.4 is 5.32 Å². The van der Waals surface area contributed by atoms with Crippen LogP contribution in [-0.4, -0.2) is 11.5 Å². The smallest absolute Gasteiger partial charge is 0.272 e. The molecule has 0 radical (unpaired) electrons. The fourth-order valence-corrected chi connectivity index (χ4v) is 2.23. The average Bonchev–Trinajstić information content (AvgIpc) is 2.29. The molecule has 0 fully saturated rings. The molecule has 1 N–H and O–H groups in total. The second-order valence-corrected chi connectivity index (χ2v) is 5.45. The fraction of sp³-hybridized carbons (Fsp3) is 0.571. The summed E-state index contributed by atoms with van der Waals surface area (Å²) in [5.41, 5.74) is 0.0872. The highest BCUT2D eigenvalue weighted by molar-refractivity contribution is 5.50. The fourth-order valence-electron chi connectivity index (χ4n) is 2.23. The molecular formula is C14H21FN2O2. The van der Waals surface area contributed by atoms with E-state index in [1.165, 1.54) is 12.1 Å². The average molecular weight is 268 g/mol. The molecule has 0 aliphatic carbocycles. The zero-order valence-electron chi connectivity index (χ0n) is 11.8. The van der Waals surface area contributed by atoms with Crippen molar-refractivity contribution in [2.75, 3.05) is 11.9 Å². The molecule has 0 aromatic heterocycles. The third-order valence-corrected chi connectivity index (χ3v) is 3.40. The number of rotatable bonds is 6. The first-order chi connectivity index (χ1) is 8.82. The van der Waals surface area contributed by atoms with Gasteiger partial charge in [0.15, 0.2) is 5.82 Å². The monoisotopic (exact) mass is 268 g/mol. The maximum absolute atomic E-state index is 13.7. The second-order valence-electron chi connectivity index (χ2n) is 5.45. The van der Waals surface area contributed by atoms with E-state index in [1.54, 1.807) is 0 Å². The molecular weight excluding hydrogens is 247 g/mol. The van der Waals surface area contributed by atoms with Gasteiger partial charge in [0.1, 0.15) is 0 Å². The van der Waals surface area contributed by atoms with Crippen molar-refractivity contribution in [3.63, 3.8) is 0 Å². The Labute approximate surface area is 113 Å². The quantitative estimate of drug-likeness (QED) is 0.625. The summed E-state index contributed by atoms with van der Waals surface area (Å²) in [6, 6.07) is 3.68. The van der Waals surface area contributed by atoms with Gasteiger partial charge in [-0.3, -0.25) is 10.1 Å². The predicted molar refractivity (Wildman–Crippen MR) is 74.7 cm³/mol. The largest absolute Gasteiger partial charge is 0.382 e. The first-order valence-corrected chi connectivity index (χ1v) is 6.50. The van der Waals surface area contributed by atoms with Crippen molar-refractivity contribution in [2.24, 2.45) is 17.8 Å². The number of hydrogen-bond donors (Lipinski definition) is 1. The number of nitro benzene ring substituents is 1. The standard InChI is InChI=1S/C14H21FN2O2/c1-9(2)12(10(3)4)8-16-14-6-5-11(17(18)19)7-13(14)15/h5-7,9-10,12,16H,8H2,1-4H3. The Balaban J connectivity index is 2.75. The van der Waals surface area contributed by atoms with Gasteiger partial charge in [0.05, 0.1) is 16.7 Å². The number of hydrogen-bond acceptors (Lipinski definition) is 3. The van der Waals surface area contributed by atoms with E-state index in [9.17, 15) is 14.5 Å². The van der Waals surface area contributed by atoms with Gasteiger partial charge in [-0.2, -0.15) is 0 Å². The van der Waals surface area contributed by atoms with Crippen molar-refractivity contribution < 1.29 is 9.31 Å². The summed E-state index contributed by atoms with van der Waals surface area (Å²) >= 11 is 0. The van der Waals surface area contributed by atoms with Gasteiger partial charge in [-0.05, 0) is 23.8 Å². The third-order valence-electron chi connectivity index (χ3n) is 3.40. The van der Waals surface area contributed by atoms with Gasteiger partial charge in [-0.15, -0.1) is 0 Å². The minimum Gasteiger partial charge on any atom is -0.382 e. The zero-order chi connectivity index (χ0) is 14.6. The van der Waals surface area contributed by atoms with E-state index in [2.05, 4.69) is 33.0 Å². The molecule has 19 heavy (non-hydrogen) atoms. The van der Waals surface area contributed by atoms with Crippen molar-refractivity contribution >= 4 is 11.4 Å². The lowest BCUT2D eigenvalue weighted by Crippen LogP contribution is -2.24. The van der Waals surface area contributed by atoms with Crippen LogP contribution in [0.2, 0.25) is 0 Å². The van der Waals surface area contributed by atoms with Gasteiger partial charge in [0.2, 0.25) is 0 Å². The summed E-state index contributed by atoms with van der Waals surface area (Å²) in [4.78, 5) is 9.93. The molecule has 0 bridgehead atoms. The van der Waals surface area contributed by atoms with E-state index >= 15 is 0 Å². The highest BCUT2D eigenvalue weighted by atomic mass is 19.1. The van der Waals surface area contributed by atoms with Crippen LogP contribution in [0, 0.1) is 33.7 Å². The van der Waals surface area contributed by atoms with Crippen molar-refractivity contribution in [3.8, 4) is 0 Å². The van der Waals surface area contributed by atoms with Crippen molar-refractivity contribution in [3.05, 3.63) is 34.1 Å². The van der Waals surface area contributed by atoms with Gasteiger partial charge >= 0.3 is 0 Å². The Bertz CT molecular complexity index is 439. The number of non-ortho nitro benzene ring substituents is 1. The van der Waals surface area contributed by atoms with Gasteiger partial charge in [-0.25, -0.2) is 4.39 Å². The molecule has 0 unspecified atom stereocenters. The molecule has 1 aromatic carbocycles. The van der Waals surface area contributed by atoms with Crippen molar-refractivity contribution in [1.29, 1.82) is 0 Å².